The maximum absolute atomic E-state index is 11.9. The number of azide groups is 1. The third-order valence-electron chi connectivity index (χ3n) is 2.83. The van der Waals surface area contributed by atoms with Crippen LogP contribution in [0, 0.1) is 5.92 Å². The van der Waals surface area contributed by atoms with Gasteiger partial charge in [-0.2, -0.15) is 0 Å². The number of benzene rings is 1. The summed E-state index contributed by atoms with van der Waals surface area (Å²) in [5, 5.41) is 4.29. The van der Waals surface area contributed by atoms with E-state index in [0.717, 1.165) is 0 Å². The lowest BCUT2D eigenvalue weighted by molar-refractivity contribution is -0.117. The summed E-state index contributed by atoms with van der Waals surface area (Å²) >= 11 is 12.0. The standard InChI is InChI=1S/C11H10Cl2N4O/c12-8-2-1-3-9(11(8)13)17-6-7(4-10(17)18)5-15-16-14/h1-3,7H,4-6H2. The molecule has 94 valence electrons. The molecule has 1 aliphatic rings. The normalized spacial score (nSPS) is 18.9. The summed E-state index contributed by atoms with van der Waals surface area (Å²) in [4.78, 5) is 16.2. The Morgan fingerprint density at radius 1 is 1.50 bits per heavy atom. The van der Waals surface area contributed by atoms with E-state index in [1.165, 1.54) is 0 Å². The highest BCUT2D eigenvalue weighted by Crippen LogP contribution is 2.35. The highest BCUT2D eigenvalue weighted by Gasteiger charge is 2.31. The first-order chi connectivity index (χ1) is 8.63. The maximum atomic E-state index is 11.9. The van der Waals surface area contributed by atoms with Crippen LogP contribution < -0.4 is 4.90 Å². The average Bonchev–Trinajstić information content (AvgIpc) is 2.71. The van der Waals surface area contributed by atoms with Crippen LogP contribution in [-0.4, -0.2) is 19.0 Å². The summed E-state index contributed by atoms with van der Waals surface area (Å²) in [6.45, 7) is 0.814. The fourth-order valence-corrected chi connectivity index (χ4v) is 2.39. The molecule has 1 aromatic carbocycles. The average molecular weight is 285 g/mol. The quantitative estimate of drug-likeness (QED) is 0.474. The van der Waals surface area contributed by atoms with E-state index in [1.54, 1.807) is 23.1 Å². The Labute approximate surface area is 114 Å². The van der Waals surface area contributed by atoms with Crippen molar-refractivity contribution in [1.29, 1.82) is 0 Å². The second kappa shape index (κ2) is 5.48. The molecule has 1 aliphatic heterocycles. The first kappa shape index (κ1) is 13.0. The number of carbonyl (C=O) groups is 1. The molecule has 2 rings (SSSR count). The number of amides is 1. The number of hydrogen-bond acceptors (Lipinski definition) is 2. The fraction of sp³-hybridized carbons (Fsp3) is 0.364. The second-order valence-corrected chi connectivity index (χ2v) is 4.85. The van der Waals surface area contributed by atoms with Crippen LogP contribution in [-0.2, 0) is 4.79 Å². The van der Waals surface area contributed by atoms with Gasteiger partial charge in [0.25, 0.3) is 0 Å². The van der Waals surface area contributed by atoms with E-state index in [1.807, 2.05) is 0 Å². The van der Waals surface area contributed by atoms with E-state index < -0.39 is 0 Å². The van der Waals surface area contributed by atoms with Gasteiger partial charge in [0.05, 0.1) is 15.7 Å². The minimum absolute atomic E-state index is 0.0303. The smallest absolute Gasteiger partial charge is 0.227 e. The van der Waals surface area contributed by atoms with Gasteiger partial charge in [-0.25, -0.2) is 0 Å². The molecule has 0 spiro atoms. The Bertz CT molecular complexity index is 528. The van der Waals surface area contributed by atoms with Crippen LogP contribution in [0.5, 0.6) is 0 Å². The Morgan fingerprint density at radius 2 is 2.28 bits per heavy atom. The monoisotopic (exact) mass is 284 g/mol. The van der Waals surface area contributed by atoms with E-state index in [0.29, 0.717) is 35.2 Å². The Kier molecular flexibility index (Phi) is 3.97. The van der Waals surface area contributed by atoms with Crippen LogP contribution in [0.3, 0.4) is 0 Å². The molecule has 1 heterocycles. The van der Waals surface area contributed by atoms with Crippen LogP contribution in [0.25, 0.3) is 10.4 Å². The van der Waals surface area contributed by atoms with Crippen LogP contribution in [0.15, 0.2) is 23.3 Å². The first-order valence-electron chi connectivity index (χ1n) is 5.38. The van der Waals surface area contributed by atoms with Crippen molar-refractivity contribution in [2.24, 2.45) is 11.0 Å². The molecule has 0 aromatic heterocycles. The van der Waals surface area contributed by atoms with Gasteiger partial charge in [0, 0.05) is 24.4 Å². The van der Waals surface area contributed by atoms with Crippen molar-refractivity contribution in [3.8, 4) is 0 Å². The summed E-state index contributed by atoms with van der Waals surface area (Å²) in [6.07, 6.45) is 0.363. The molecule has 0 N–H and O–H groups in total. The summed E-state index contributed by atoms with van der Waals surface area (Å²) in [6, 6.07) is 5.17. The molecule has 1 saturated heterocycles. The molecule has 1 fully saturated rings. The number of rotatable bonds is 3. The summed E-state index contributed by atoms with van der Waals surface area (Å²) in [7, 11) is 0. The second-order valence-electron chi connectivity index (χ2n) is 4.06. The predicted octanol–water partition coefficient (Wildman–Crippen LogP) is 3.66. The Morgan fingerprint density at radius 3 is 3.00 bits per heavy atom. The van der Waals surface area contributed by atoms with Gasteiger partial charge < -0.3 is 4.90 Å². The largest absolute Gasteiger partial charge is 0.311 e. The van der Waals surface area contributed by atoms with Gasteiger partial charge in [-0.15, -0.1) is 0 Å². The van der Waals surface area contributed by atoms with Crippen molar-refractivity contribution >= 4 is 34.8 Å². The van der Waals surface area contributed by atoms with Crippen molar-refractivity contribution in [2.75, 3.05) is 18.0 Å². The van der Waals surface area contributed by atoms with E-state index >= 15 is 0 Å². The lowest BCUT2D eigenvalue weighted by atomic mass is 10.1. The van der Waals surface area contributed by atoms with E-state index in [-0.39, 0.29) is 11.8 Å². The summed E-state index contributed by atoms with van der Waals surface area (Å²) in [5.74, 6) is 0.000699. The Hall–Kier alpha value is -1.42. The van der Waals surface area contributed by atoms with Crippen molar-refractivity contribution < 1.29 is 4.79 Å². The number of carbonyl (C=O) groups excluding carboxylic acids is 1. The molecule has 18 heavy (non-hydrogen) atoms. The molecular weight excluding hydrogens is 275 g/mol. The molecule has 0 aliphatic carbocycles. The molecular formula is C11H10Cl2N4O. The van der Waals surface area contributed by atoms with E-state index in [4.69, 9.17) is 28.7 Å². The number of hydrogen-bond donors (Lipinski definition) is 0. The topological polar surface area (TPSA) is 69.1 Å². The van der Waals surface area contributed by atoms with E-state index in [2.05, 4.69) is 10.0 Å². The van der Waals surface area contributed by atoms with Crippen molar-refractivity contribution in [3.63, 3.8) is 0 Å². The van der Waals surface area contributed by atoms with Gasteiger partial charge in [-0.05, 0) is 23.6 Å². The fourth-order valence-electron chi connectivity index (χ4n) is 1.99. The van der Waals surface area contributed by atoms with Gasteiger partial charge in [0.1, 0.15) is 0 Å². The lowest BCUT2D eigenvalue weighted by Gasteiger charge is -2.18. The highest BCUT2D eigenvalue weighted by atomic mass is 35.5. The number of halogens is 2. The molecule has 0 bridgehead atoms. The summed E-state index contributed by atoms with van der Waals surface area (Å²) < 4.78 is 0. The Balaban J connectivity index is 2.21. The van der Waals surface area contributed by atoms with Gasteiger partial charge in [0.15, 0.2) is 0 Å². The predicted molar refractivity (Wildman–Crippen MR) is 70.9 cm³/mol. The molecule has 5 nitrogen and oxygen atoms in total. The molecule has 1 amide bonds. The molecule has 1 aromatic rings. The maximum Gasteiger partial charge on any atom is 0.227 e. The van der Waals surface area contributed by atoms with Gasteiger partial charge >= 0.3 is 0 Å². The van der Waals surface area contributed by atoms with E-state index in [9.17, 15) is 4.79 Å². The van der Waals surface area contributed by atoms with Crippen molar-refractivity contribution in [1.82, 2.24) is 0 Å². The minimum Gasteiger partial charge on any atom is -0.311 e. The molecule has 7 heteroatoms. The van der Waals surface area contributed by atoms with Crippen LogP contribution >= 0.6 is 23.2 Å². The van der Waals surface area contributed by atoms with Gasteiger partial charge in [-0.3, -0.25) is 4.79 Å². The third kappa shape index (κ3) is 2.53. The zero-order valence-corrected chi connectivity index (χ0v) is 10.9. The summed E-state index contributed by atoms with van der Waals surface area (Å²) in [5.41, 5.74) is 8.89. The highest BCUT2D eigenvalue weighted by molar-refractivity contribution is 6.44. The zero-order valence-electron chi connectivity index (χ0n) is 9.38. The molecule has 0 radical (unpaired) electrons. The van der Waals surface area contributed by atoms with Crippen LogP contribution in [0.2, 0.25) is 10.0 Å². The zero-order chi connectivity index (χ0) is 13.1. The third-order valence-corrected chi connectivity index (χ3v) is 3.64. The SMILES string of the molecule is [N-]=[N+]=NCC1CC(=O)N(c2cccc(Cl)c2Cl)C1. The van der Waals surface area contributed by atoms with Gasteiger partial charge in [-0.1, -0.05) is 34.4 Å². The molecule has 1 atom stereocenters. The number of nitrogens with zero attached hydrogens (tertiary/aromatic N) is 4. The van der Waals surface area contributed by atoms with Crippen LogP contribution in [0.4, 0.5) is 5.69 Å². The van der Waals surface area contributed by atoms with Crippen LogP contribution in [0.1, 0.15) is 6.42 Å². The minimum atomic E-state index is -0.0303. The van der Waals surface area contributed by atoms with Crippen molar-refractivity contribution in [3.05, 3.63) is 38.7 Å². The molecule has 1 unspecified atom stereocenters. The first-order valence-corrected chi connectivity index (χ1v) is 6.14. The van der Waals surface area contributed by atoms with Gasteiger partial charge in [0.2, 0.25) is 5.91 Å². The molecule has 0 saturated carbocycles. The van der Waals surface area contributed by atoms with Crippen molar-refractivity contribution in [2.45, 2.75) is 6.42 Å². The number of anilines is 1. The lowest BCUT2D eigenvalue weighted by Crippen LogP contribution is -2.25.